The Morgan fingerprint density at radius 1 is 1.24 bits per heavy atom. The fraction of sp³-hybridized carbons (Fsp3) is 0.0667. The van der Waals surface area contributed by atoms with Gasteiger partial charge in [-0.05, 0) is 23.1 Å². The highest BCUT2D eigenvalue weighted by molar-refractivity contribution is 7.71. The Morgan fingerprint density at radius 2 is 2.05 bits per heavy atom. The highest BCUT2D eigenvalue weighted by Gasteiger charge is 2.19. The molecular formula is C15H15N4S2+. The Bertz CT molecular complexity index is 798. The molecule has 3 N–H and O–H groups in total. The number of hydrogen-bond acceptors (Lipinski definition) is 3. The number of nitrogens with zero attached hydrogens (tertiary/aromatic N) is 2. The minimum atomic E-state index is 0.506. The number of H-pyrrole nitrogens is 1. The maximum Gasteiger partial charge on any atom is 0.345 e. The van der Waals surface area contributed by atoms with Crippen molar-refractivity contribution in [3.63, 3.8) is 0 Å². The smallest absolute Gasteiger partial charge is 0.288 e. The SMILES string of the molecule is N[n+]1c(-c2cccs2)n(C/C=C/c2ccccc2)[nH]c1=S. The number of nitrogens with two attached hydrogens (primary N) is 1. The predicted octanol–water partition coefficient (Wildman–Crippen LogP) is 2.99. The van der Waals surface area contributed by atoms with Gasteiger partial charge in [0.2, 0.25) is 0 Å². The molecule has 4 nitrogen and oxygen atoms in total. The van der Waals surface area contributed by atoms with E-state index in [1.807, 2.05) is 40.4 Å². The lowest BCUT2D eigenvalue weighted by molar-refractivity contribution is -0.634. The molecule has 0 unspecified atom stereocenters. The van der Waals surface area contributed by atoms with Crippen molar-refractivity contribution in [2.75, 3.05) is 5.84 Å². The summed E-state index contributed by atoms with van der Waals surface area (Å²) in [6.07, 6.45) is 4.16. The largest absolute Gasteiger partial charge is 0.345 e. The average Bonchev–Trinajstić information content (AvgIpc) is 3.10. The third-order valence-electron chi connectivity index (χ3n) is 3.07. The van der Waals surface area contributed by atoms with Crippen LogP contribution in [0.4, 0.5) is 0 Å². The lowest BCUT2D eigenvalue weighted by Crippen LogP contribution is -2.46. The van der Waals surface area contributed by atoms with Crippen LogP contribution in [0.1, 0.15) is 5.56 Å². The first-order valence-corrected chi connectivity index (χ1v) is 7.80. The van der Waals surface area contributed by atoms with Crippen LogP contribution in [0.5, 0.6) is 0 Å². The Hall–Kier alpha value is -2.18. The number of aromatic amines is 1. The standard InChI is InChI=1S/C15H14N4S2/c16-19-14(13-9-5-11-21-13)18(17-15(19)20)10-4-8-12-6-2-1-3-7-12/h1-9,11H,10,16H2/p+1/b8-4+. The van der Waals surface area contributed by atoms with E-state index in [9.17, 15) is 0 Å². The van der Waals surface area contributed by atoms with Crippen LogP contribution in [0.3, 0.4) is 0 Å². The number of thiophene rings is 1. The third-order valence-corrected chi connectivity index (χ3v) is 4.23. The van der Waals surface area contributed by atoms with E-state index in [0.29, 0.717) is 11.3 Å². The maximum absolute atomic E-state index is 6.02. The predicted molar refractivity (Wildman–Crippen MR) is 88.8 cm³/mol. The number of nitrogen functional groups attached to an aromatic ring is 1. The van der Waals surface area contributed by atoms with Crippen molar-refractivity contribution in [3.8, 4) is 10.7 Å². The maximum atomic E-state index is 6.02. The molecule has 0 atom stereocenters. The van der Waals surface area contributed by atoms with Crippen LogP contribution in [0, 0.1) is 4.77 Å². The van der Waals surface area contributed by atoms with Gasteiger partial charge < -0.3 is 0 Å². The number of allylic oxidation sites excluding steroid dienone is 1. The van der Waals surface area contributed by atoms with Gasteiger partial charge in [-0.2, -0.15) is 0 Å². The van der Waals surface area contributed by atoms with Gasteiger partial charge in [0.15, 0.2) is 0 Å². The molecule has 2 aromatic heterocycles. The molecule has 3 aromatic rings. The molecule has 2 heterocycles. The van der Waals surface area contributed by atoms with E-state index in [-0.39, 0.29) is 0 Å². The Labute approximate surface area is 131 Å². The van der Waals surface area contributed by atoms with Crippen molar-refractivity contribution >= 4 is 29.6 Å². The van der Waals surface area contributed by atoms with Crippen molar-refractivity contribution in [1.29, 1.82) is 0 Å². The van der Waals surface area contributed by atoms with Gasteiger partial charge in [0.05, 0.1) is 0 Å². The zero-order chi connectivity index (χ0) is 14.7. The lowest BCUT2D eigenvalue weighted by atomic mass is 10.2. The van der Waals surface area contributed by atoms with E-state index in [1.54, 1.807) is 11.3 Å². The summed E-state index contributed by atoms with van der Waals surface area (Å²) in [7, 11) is 0. The second kappa shape index (κ2) is 6.07. The van der Waals surface area contributed by atoms with Gasteiger partial charge in [-0.3, -0.25) is 5.84 Å². The third kappa shape index (κ3) is 2.96. The van der Waals surface area contributed by atoms with Gasteiger partial charge in [-0.1, -0.05) is 42.5 Å². The van der Waals surface area contributed by atoms with E-state index in [4.69, 9.17) is 18.1 Å². The molecule has 1 aromatic carbocycles. The second-order valence-electron chi connectivity index (χ2n) is 4.51. The average molecular weight is 315 g/mol. The number of rotatable bonds is 4. The van der Waals surface area contributed by atoms with Gasteiger partial charge in [0, 0.05) is 12.2 Å². The van der Waals surface area contributed by atoms with Gasteiger partial charge in [0.25, 0.3) is 5.82 Å². The fourth-order valence-electron chi connectivity index (χ4n) is 2.10. The molecule has 0 radical (unpaired) electrons. The topological polar surface area (TPSA) is 50.6 Å². The highest BCUT2D eigenvalue weighted by atomic mass is 32.1. The summed E-state index contributed by atoms with van der Waals surface area (Å²) in [4.78, 5) is 1.08. The number of hydrogen-bond donors (Lipinski definition) is 2. The summed E-state index contributed by atoms with van der Waals surface area (Å²) in [5.41, 5.74) is 1.17. The summed E-state index contributed by atoms with van der Waals surface area (Å²) in [6, 6.07) is 14.2. The van der Waals surface area contributed by atoms with Crippen LogP contribution in [-0.4, -0.2) is 9.78 Å². The van der Waals surface area contributed by atoms with Crippen LogP contribution in [0.15, 0.2) is 53.9 Å². The van der Waals surface area contributed by atoms with Crippen molar-refractivity contribution in [2.45, 2.75) is 6.54 Å². The van der Waals surface area contributed by atoms with Crippen LogP contribution in [0.2, 0.25) is 0 Å². The summed E-state index contributed by atoms with van der Waals surface area (Å²) in [5.74, 6) is 6.90. The molecule has 0 fully saturated rings. The summed E-state index contributed by atoms with van der Waals surface area (Å²) < 4.78 is 3.97. The Balaban J connectivity index is 1.88. The zero-order valence-corrected chi connectivity index (χ0v) is 12.9. The molecule has 21 heavy (non-hydrogen) atoms. The molecule has 6 heteroatoms. The normalized spacial score (nSPS) is 11.2. The number of nitrogens with one attached hydrogen (secondary N) is 1. The highest BCUT2D eigenvalue weighted by Crippen LogP contribution is 2.20. The van der Waals surface area contributed by atoms with E-state index >= 15 is 0 Å². The van der Waals surface area contributed by atoms with E-state index in [1.165, 1.54) is 10.2 Å². The molecule has 0 saturated carbocycles. The Kier molecular flexibility index (Phi) is 3.98. The van der Waals surface area contributed by atoms with E-state index < -0.39 is 0 Å². The van der Waals surface area contributed by atoms with Crippen molar-refractivity contribution < 1.29 is 4.68 Å². The summed E-state index contributed by atoms with van der Waals surface area (Å²) >= 11 is 6.86. The monoisotopic (exact) mass is 315 g/mol. The molecule has 106 valence electrons. The second-order valence-corrected chi connectivity index (χ2v) is 5.85. The minimum absolute atomic E-state index is 0.506. The van der Waals surface area contributed by atoms with E-state index in [0.717, 1.165) is 10.7 Å². The van der Waals surface area contributed by atoms with Gasteiger partial charge in [-0.15, -0.1) is 25.8 Å². The first kappa shape index (κ1) is 13.8. The van der Waals surface area contributed by atoms with Gasteiger partial charge >= 0.3 is 4.77 Å². The van der Waals surface area contributed by atoms with Crippen molar-refractivity contribution in [3.05, 3.63) is 64.3 Å². The minimum Gasteiger partial charge on any atom is -0.288 e. The number of benzene rings is 1. The van der Waals surface area contributed by atoms with Crippen molar-refractivity contribution in [2.24, 2.45) is 0 Å². The Morgan fingerprint density at radius 3 is 2.76 bits per heavy atom. The van der Waals surface area contributed by atoms with Crippen LogP contribution < -0.4 is 10.5 Å². The summed E-state index contributed by atoms with van der Waals surface area (Å²) in [5, 5.41) is 5.14. The van der Waals surface area contributed by atoms with Gasteiger partial charge in [0.1, 0.15) is 11.4 Å². The first-order valence-electron chi connectivity index (χ1n) is 6.51. The van der Waals surface area contributed by atoms with Crippen molar-refractivity contribution in [1.82, 2.24) is 9.78 Å². The molecule has 0 bridgehead atoms. The molecular weight excluding hydrogens is 300 g/mol. The molecule has 3 rings (SSSR count). The quantitative estimate of drug-likeness (QED) is 0.442. The first-order chi connectivity index (χ1) is 10.3. The molecule has 0 aliphatic rings. The fourth-order valence-corrected chi connectivity index (χ4v) is 3.07. The summed E-state index contributed by atoms with van der Waals surface area (Å²) in [6.45, 7) is 0.677. The molecule has 0 spiro atoms. The van der Waals surface area contributed by atoms with Crippen LogP contribution >= 0.6 is 23.6 Å². The molecule has 0 aliphatic carbocycles. The van der Waals surface area contributed by atoms with E-state index in [2.05, 4.69) is 29.4 Å². The number of aromatic nitrogens is 3. The molecule has 0 amide bonds. The molecule has 0 aliphatic heterocycles. The van der Waals surface area contributed by atoms with Crippen LogP contribution in [-0.2, 0) is 6.54 Å². The van der Waals surface area contributed by atoms with Gasteiger partial charge in [-0.25, -0.2) is 0 Å². The molecule has 0 saturated heterocycles. The zero-order valence-electron chi connectivity index (χ0n) is 11.3. The lowest BCUT2D eigenvalue weighted by Gasteiger charge is -1.97. The van der Waals surface area contributed by atoms with Crippen LogP contribution in [0.25, 0.3) is 16.8 Å².